The number of alkyl halides is 2. The smallest absolute Gasteiger partial charge is 0.341 e. The van der Waals surface area contributed by atoms with Gasteiger partial charge in [-0.1, -0.05) is 6.07 Å². The Balaban J connectivity index is 2.58. The van der Waals surface area contributed by atoms with Crippen molar-refractivity contribution < 1.29 is 26.7 Å². The molecule has 0 aromatic heterocycles. The molecule has 0 atom stereocenters. The number of rotatable bonds is 8. The maximum atomic E-state index is 12.5. The van der Waals surface area contributed by atoms with Gasteiger partial charge in [-0.2, -0.15) is 8.78 Å². The van der Waals surface area contributed by atoms with Crippen LogP contribution in [0, 0.1) is 0 Å². The lowest BCUT2D eigenvalue weighted by atomic mass is 10.3. The van der Waals surface area contributed by atoms with E-state index in [1.165, 1.54) is 12.1 Å². The van der Waals surface area contributed by atoms with Gasteiger partial charge >= 0.3 is 11.8 Å². The monoisotopic (exact) mass is 336 g/mol. The van der Waals surface area contributed by atoms with E-state index in [0.717, 1.165) is 12.1 Å². The minimum Gasteiger partial charge on any atom is -0.382 e. The predicted molar refractivity (Wildman–Crippen MR) is 77.8 cm³/mol. The molecular formula is C13H18F2N2O4S. The molecule has 0 aliphatic carbocycles. The Morgan fingerprint density at radius 1 is 1.36 bits per heavy atom. The number of sulfone groups is 1. The Bertz CT molecular complexity index is 593. The van der Waals surface area contributed by atoms with Crippen molar-refractivity contribution in [1.82, 2.24) is 5.32 Å². The number of amides is 2. The first-order valence-corrected chi connectivity index (χ1v) is 8.17. The van der Waals surface area contributed by atoms with Gasteiger partial charge in [-0.3, -0.25) is 0 Å². The highest BCUT2D eigenvalue weighted by Gasteiger charge is 2.26. The molecule has 22 heavy (non-hydrogen) atoms. The Labute approximate surface area is 127 Å². The van der Waals surface area contributed by atoms with Gasteiger partial charge in [0, 0.05) is 25.4 Å². The van der Waals surface area contributed by atoms with Crippen LogP contribution in [-0.4, -0.2) is 40.0 Å². The second-order valence-electron chi connectivity index (χ2n) is 4.26. The molecule has 124 valence electrons. The number of carbonyl (C=O) groups is 1. The van der Waals surface area contributed by atoms with E-state index in [4.69, 9.17) is 4.74 Å². The summed E-state index contributed by atoms with van der Waals surface area (Å²) in [6.07, 6.45) is 0.626. The van der Waals surface area contributed by atoms with Crippen LogP contribution in [0.2, 0.25) is 0 Å². The van der Waals surface area contributed by atoms with Gasteiger partial charge in [-0.05, 0) is 31.5 Å². The number of carbonyl (C=O) groups excluding carboxylic acids is 1. The first-order valence-electron chi connectivity index (χ1n) is 6.62. The molecule has 9 heteroatoms. The summed E-state index contributed by atoms with van der Waals surface area (Å²) in [4.78, 5) is 11.0. The van der Waals surface area contributed by atoms with E-state index in [-0.39, 0.29) is 5.69 Å². The lowest BCUT2D eigenvalue weighted by Gasteiger charge is -2.09. The molecule has 1 aromatic carbocycles. The van der Waals surface area contributed by atoms with Crippen molar-refractivity contribution in [3.05, 3.63) is 24.3 Å². The van der Waals surface area contributed by atoms with Crippen molar-refractivity contribution in [2.75, 3.05) is 25.1 Å². The zero-order valence-electron chi connectivity index (χ0n) is 12.0. The van der Waals surface area contributed by atoms with Crippen LogP contribution >= 0.6 is 0 Å². The molecule has 1 aromatic rings. The minimum atomic E-state index is -4.68. The summed E-state index contributed by atoms with van der Waals surface area (Å²) in [6.45, 7) is 3.35. The highest BCUT2D eigenvalue weighted by molar-refractivity contribution is 7.91. The molecular weight excluding hydrogens is 318 g/mol. The molecule has 0 bridgehead atoms. The van der Waals surface area contributed by atoms with Crippen LogP contribution in [0.15, 0.2) is 29.2 Å². The average Bonchev–Trinajstić information content (AvgIpc) is 2.47. The fourth-order valence-corrected chi connectivity index (χ4v) is 2.31. The summed E-state index contributed by atoms with van der Waals surface area (Å²) in [7, 11) is -4.68. The highest BCUT2D eigenvalue weighted by Crippen LogP contribution is 2.21. The Hall–Kier alpha value is -1.74. The van der Waals surface area contributed by atoms with Gasteiger partial charge in [-0.15, -0.1) is 0 Å². The van der Waals surface area contributed by atoms with Gasteiger partial charge in [-0.25, -0.2) is 13.2 Å². The van der Waals surface area contributed by atoms with Gasteiger partial charge in [0.25, 0.3) is 0 Å². The predicted octanol–water partition coefficient (Wildman–Crippen LogP) is 2.23. The van der Waals surface area contributed by atoms with Gasteiger partial charge < -0.3 is 15.4 Å². The number of benzene rings is 1. The largest absolute Gasteiger partial charge is 0.382 e. The van der Waals surface area contributed by atoms with Crippen molar-refractivity contribution >= 4 is 21.6 Å². The number of hydrogen-bond donors (Lipinski definition) is 2. The average molecular weight is 336 g/mol. The summed E-state index contributed by atoms with van der Waals surface area (Å²) < 4.78 is 52.7. The molecule has 2 amide bonds. The zero-order valence-corrected chi connectivity index (χ0v) is 12.8. The van der Waals surface area contributed by atoms with Crippen LogP contribution in [0.1, 0.15) is 13.3 Å². The Morgan fingerprint density at radius 2 is 2.09 bits per heavy atom. The lowest BCUT2D eigenvalue weighted by Crippen LogP contribution is -2.30. The van der Waals surface area contributed by atoms with E-state index in [1.54, 1.807) is 0 Å². The first kappa shape index (κ1) is 18.3. The maximum absolute atomic E-state index is 12.5. The molecule has 0 radical (unpaired) electrons. The van der Waals surface area contributed by atoms with Crippen LogP contribution < -0.4 is 10.6 Å². The third-order valence-electron chi connectivity index (χ3n) is 2.61. The van der Waals surface area contributed by atoms with Crippen LogP contribution in [0.4, 0.5) is 19.3 Å². The van der Waals surface area contributed by atoms with Crippen LogP contribution in [0.3, 0.4) is 0 Å². The molecule has 0 aliphatic rings. The number of urea groups is 1. The highest BCUT2D eigenvalue weighted by atomic mass is 32.2. The fourth-order valence-electron chi connectivity index (χ4n) is 1.55. The molecule has 0 unspecified atom stereocenters. The molecule has 0 saturated heterocycles. The van der Waals surface area contributed by atoms with E-state index in [1.807, 2.05) is 6.92 Å². The molecule has 1 rings (SSSR count). The van der Waals surface area contributed by atoms with Gasteiger partial charge in [0.15, 0.2) is 0 Å². The quantitative estimate of drug-likeness (QED) is 0.713. The molecule has 0 fully saturated rings. The third-order valence-corrected chi connectivity index (χ3v) is 3.99. The molecule has 0 spiro atoms. The lowest BCUT2D eigenvalue weighted by molar-refractivity contribution is 0.145. The summed E-state index contributed by atoms with van der Waals surface area (Å²) in [6, 6.07) is 4.17. The van der Waals surface area contributed by atoms with Crippen LogP contribution in [-0.2, 0) is 14.6 Å². The minimum absolute atomic E-state index is 0.115. The van der Waals surface area contributed by atoms with Crippen molar-refractivity contribution in [2.45, 2.75) is 24.0 Å². The molecule has 0 aliphatic heterocycles. The number of nitrogens with one attached hydrogen (secondary N) is 2. The van der Waals surface area contributed by atoms with E-state index >= 15 is 0 Å². The number of halogens is 2. The van der Waals surface area contributed by atoms with Crippen molar-refractivity contribution in [3.8, 4) is 0 Å². The Kier molecular flexibility index (Phi) is 7.19. The fraction of sp³-hybridized carbons (Fsp3) is 0.462. The number of ether oxygens (including phenoxy) is 1. The van der Waals surface area contributed by atoms with Crippen molar-refractivity contribution in [1.29, 1.82) is 0 Å². The SMILES string of the molecule is CCOCCCNC(=O)Nc1cccc(S(=O)(=O)C(F)F)c1. The molecule has 2 N–H and O–H groups in total. The van der Waals surface area contributed by atoms with E-state index < -0.39 is 26.5 Å². The molecule has 6 nitrogen and oxygen atoms in total. The van der Waals surface area contributed by atoms with Crippen LogP contribution in [0.25, 0.3) is 0 Å². The third kappa shape index (κ3) is 5.57. The molecule has 0 heterocycles. The van der Waals surface area contributed by atoms with Crippen molar-refractivity contribution in [3.63, 3.8) is 0 Å². The second kappa shape index (κ2) is 8.64. The summed E-state index contributed by atoms with van der Waals surface area (Å²) in [5.41, 5.74) is 0.115. The Morgan fingerprint density at radius 3 is 2.73 bits per heavy atom. The topological polar surface area (TPSA) is 84.5 Å². The maximum Gasteiger partial charge on any atom is 0.341 e. The van der Waals surface area contributed by atoms with E-state index in [9.17, 15) is 22.0 Å². The van der Waals surface area contributed by atoms with Gasteiger partial charge in [0.05, 0.1) is 4.90 Å². The van der Waals surface area contributed by atoms with Gasteiger partial charge in [0.1, 0.15) is 0 Å². The summed E-state index contributed by atoms with van der Waals surface area (Å²) in [5, 5.41) is 4.93. The summed E-state index contributed by atoms with van der Waals surface area (Å²) in [5.74, 6) is -3.50. The zero-order chi connectivity index (χ0) is 16.6. The number of anilines is 1. The summed E-state index contributed by atoms with van der Waals surface area (Å²) >= 11 is 0. The number of hydrogen-bond acceptors (Lipinski definition) is 4. The van der Waals surface area contributed by atoms with Crippen LogP contribution in [0.5, 0.6) is 0 Å². The van der Waals surface area contributed by atoms with E-state index in [2.05, 4.69) is 10.6 Å². The van der Waals surface area contributed by atoms with E-state index in [0.29, 0.717) is 26.2 Å². The van der Waals surface area contributed by atoms with Gasteiger partial charge in [0.2, 0.25) is 9.84 Å². The second-order valence-corrected chi connectivity index (χ2v) is 6.18. The standard InChI is InChI=1S/C13H18F2N2O4S/c1-2-21-8-4-7-16-13(18)17-10-5-3-6-11(9-10)22(19,20)12(14)15/h3,5-6,9,12H,2,4,7-8H2,1H3,(H2,16,17,18). The normalized spacial score (nSPS) is 11.5. The first-order chi connectivity index (χ1) is 10.4. The molecule has 0 saturated carbocycles. The van der Waals surface area contributed by atoms with Crippen molar-refractivity contribution in [2.24, 2.45) is 0 Å².